The zero-order chi connectivity index (χ0) is 17.3. The molecule has 5 heteroatoms. The van der Waals surface area contributed by atoms with Crippen molar-refractivity contribution in [3.63, 3.8) is 0 Å². The molecule has 0 aliphatic carbocycles. The number of fused-ring (bicyclic) bond motifs is 1. The predicted octanol–water partition coefficient (Wildman–Crippen LogP) is 5.18. The quantitative estimate of drug-likeness (QED) is 0.699. The molecule has 1 nitrogen and oxygen atoms in total. The molecule has 2 aromatic carbocycles. The highest BCUT2D eigenvalue weighted by Crippen LogP contribution is 2.39. The maximum Gasteiger partial charge on any atom is 0.288 e. The van der Waals surface area contributed by atoms with Crippen molar-refractivity contribution >= 4 is 6.08 Å². The highest BCUT2D eigenvalue weighted by Gasteiger charge is 2.45. The van der Waals surface area contributed by atoms with Gasteiger partial charge in [0.15, 0.2) is 17.7 Å². The summed E-state index contributed by atoms with van der Waals surface area (Å²) >= 11 is 0. The fraction of sp³-hybridized carbons (Fsp3) is 0.263. The summed E-state index contributed by atoms with van der Waals surface area (Å²) in [7, 11) is 0. The number of alkyl halides is 2. The molecule has 0 saturated carbocycles. The van der Waals surface area contributed by atoms with Gasteiger partial charge in [-0.05, 0) is 48.2 Å². The van der Waals surface area contributed by atoms with Crippen molar-refractivity contribution in [2.45, 2.75) is 31.3 Å². The van der Waals surface area contributed by atoms with E-state index in [4.69, 9.17) is 4.74 Å². The van der Waals surface area contributed by atoms with E-state index < -0.39 is 30.1 Å². The van der Waals surface area contributed by atoms with Crippen LogP contribution in [0.25, 0.3) is 6.08 Å². The molecule has 1 aliphatic rings. The molecule has 1 heterocycles. The SMILES string of the molecule is C=Cc1ccc2c(c1)CC(F)(F)C(CCc1ccc(F)c(F)c1)O2. The summed E-state index contributed by atoms with van der Waals surface area (Å²) in [5.41, 5.74) is 1.66. The molecule has 2 aromatic rings. The van der Waals surface area contributed by atoms with Gasteiger partial charge in [0.2, 0.25) is 0 Å². The van der Waals surface area contributed by atoms with E-state index >= 15 is 0 Å². The molecule has 0 aromatic heterocycles. The van der Waals surface area contributed by atoms with Gasteiger partial charge in [0.05, 0.1) is 0 Å². The molecule has 3 rings (SSSR count). The first-order valence-corrected chi connectivity index (χ1v) is 7.63. The molecule has 0 radical (unpaired) electrons. The van der Waals surface area contributed by atoms with Gasteiger partial charge in [0.25, 0.3) is 5.92 Å². The van der Waals surface area contributed by atoms with Crippen molar-refractivity contribution < 1.29 is 22.3 Å². The standard InChI is InChI=1S/C19H16F4O/c1-2-12-4-7-17-14(9-12)11-19(22,23)18(24-17)8-5-13-3-6-15(20)16(21)10-13/h2-4,6-7,9-10,18H,1,5,8,11H2. The van der Waals surface area contributed by atoms with Crippen molar-refractivity contribution in [2.24, 2.45) is 0 Å². The summed E-state index contributed by atoms with van der Waals surface area (Å²) in [5.74, 6) is -4.52. The normalized spacial score (nSPS) is 18.6. The van der Waals surface area contributed by atoms with Gasteiger partial charge >= 0.3 is 0 Å². The lowest BCUT2D eigenvalue weighted by Crippen LogP contribution is -2.43. The number of hydrogen-bond acceptors (Lipinski definition) is 1. The van der Waals surface area contributed by atoms with Crippen LogP contribution in [0.2, 0.25) is 0 Å². The number of aryl methyl sites for hydroxylation is 1. The molecule has 24 heavy (non-hydrogen) atoms. The number of halogens is 4. The van der Waals surface area contributed by atoms with Crippen LogP contribution >= 0.6 is 0 Å². The maximum atomic E-state index is 14.3. The molecule has 0 spiro atoms. The van der Waals surface area contributed by atoms with E-state index in [0.717, 1.165) is 17.7 Å². The fourth-order valence-corrected chi connectivity index (χ4v) is 2.85. The Morgan fingerprint density at radius 2 is 1.92 bits per heavy atom. The third-order valence-corrected chi connectivity index (χ3v) is 4.17. The average Bonchev–Trinajstić information content (AvgIpc) is 2.54. The van der Waals surface area contributed by atoms with Crippen LogP contribution in [0.15, 0.2) is 43.0 Å². The van der Waals surface area contributed by atoms with Gasteiger partial charge in [-0.1, -0.05) is 24.8 Å². The Balaban J connectivity index is 1.75. The number of rotatable bonds is 4. The molecule has 1 atom stereocenters. The van der Waals surface area contributed by atoms with E-state index in [-0.39, 0.29) is 12.8 Å². The van der Waals surface area contributed by atoms with Crippen LogP contribution in [0.1, 0.15) is 23.1 Å². The third kappa shape index (κ3) is 3.30. The topological polar surface area (TPSA) is 9.23 Å². The third-order valence-electron chi connectivity index (χ3n) is 4.17. The van der Waals surface area contributed by atoms with Crippen LogP contribution in [0.5, 0.6) is 5.75 Å². The monoisotopic (exact) mass is 336 g/mol. The molecule has 0 amide bonds. The van der Waals surface area contributed by atoms with E-state index in [1.54, 1.807) is 24.3 Å². The van der Waals surface area contributed by atoms with Crippen molar-refractivity contribution in [3.8, 4) is 5.75 Å². The summed E-state index contributed by atoms with van der Waals surface area (Å²) < 4.78 is 60.3. The van der Waals surface area contributed by atoms with E-state index in [2.05, 4.69) is 6.58 Å². The largest absolute Gasteiger partial charge is 0.484 e. The van der Waals surface area contributed by atoms with Crippen molar-refractivity contribution in [1.82, 2.24) is 0 Å². The Bertz CT molecular complexity index is 770. The van der Waals surface area contributed by atoms with Crippen LogP contribution in [0.3, 0.4) is 0 Å². The average molecular weight is 336 g/mol. The lowest BCUT2D eigenvalue weighted by Gasteiger charge is -2.33. The van der Waals surface area contributed by atoms with Gasteiger partial charge in [0, 0.05) is 12.0 Å². The highest BCUT2D eigenvalue weighted by molar-refractivity contribution is 5.52. The van der Waals surface area contributed by atoms with Gasteiger partial charge in [-0.3, -0.25) is 0 Å². The fourth-order valence-electron chi connectivity index (χ4n) is 2.85. The molecule has 0 bridgehead atoms. The molecule has 1 aliphatic heterocycles. The number of hydrogen-bond donors (Lipinski definition) is 0. The van der Waals surface area contributed by atoms with Crippen LogP contribution in [-0.2, 0) is 12.8 Å². The second kappa shape index (κ2) is 6.30. The van der Waals surface area contributed by atoms with E-state index in [9.17, 15) is 17.6 Å². The van der Waals surface area contributed by atoms with E-state index in [1.165, 1.54) is 6.07 Å². The minimum absolute atomic E-state index is 0.0146. The van der Waals surface area contributed by atoms with Gasteiger partial charge in [0.1, 0.15) is 5.75 Å². The summed E-state index contributed by atoms with van der Waals surface area (Å²) in [5, 5.41) is 0. The molecular weight excluding hydrogens is 320 g/mol. The molecule has 126 valence electrons. The first kappa shape index (κ1) is 16.6. The Hall–Kier alpha value is -2.30. The predicted molar refractivity (Wildman–Crippen MR) is 84.3 cm³/mol. The lowest BCUT2D eigenvalue weighted by molar-refractivity contribution is -0.109. The van der Waals surface area contributed by atoms with Crippen LogP contribution < -0.4 is 4.74 Å². The Morgan fingerprint density at radius 3 is 2.62 bits per heavy atom. The summed E-state index contributed by atoms with van der Waals surface area (Å²) in [4.78, 5) is 0. The zero-order valence-corrected chi connectivity index (χ0v) is 12.9. The first-order chi connectivity index (χ1) is 11.4. The van der Waals surface area contributed by atoms with E-state index in [0.29, 0.717) is 16.9 Å². The second-order valence-corrected chi connectivity index (χ2v) is 5.90. The van der Waals surface area contributed by atoms with Crippen LogP contribution in [-0.4, -0.2) is 12.0 Å². The van der Waals surface area contributed by atoms with Crippen LogP contribution in [0, 0.1) is 11.6 Å². The number of ether oxygens (including phenoxy) is 1. The summed E-state index contributed by atoms with van der Waals surface area (Å²) in [6.07, 6.45) is 0.0749. The van der Waals surface area contributed by atoms with Gasteiger partial charge in [-0.25, -0.2) is 17.6 Å². The Kier molecular flexibility index (Phi) is 4.35. The maximum absolute atomic E-state index is 14.3. The minimum Gasteiger partial charge on any atom is -0.484 e. The van der Waals surface area contributed by atoms with Crippen molar-refractivity contribution in [1.29, 1.82) is 0 Å². The first-order valence-electron chi connectivity index (χ1n) is 7.63. The number of benzene rings is 2. The van der Waals surface area contributed by atoms with Gasteiger partial charge < -0.3 is 4.74 Å². The molecule has 0 saturated heterocycles. The van der Waals surface area contributed by atoms with Crippen molar-refractivity contribution in [3.05, 3.63) is 71.3 Å². The molecule has 0 fully saturated rings. The van der Waals surface area contributed by atoms with Gasteiger partial charge in [-0.2, -0.15) is 0 Å². The molecule has 0 N–H and O–H groups in total. The van der Waals surface area contributed by atoms with Crippen LogP contribution in [0.4, 0.5) is 17.6 Å². The molecule has 1 unspecified atom stereocenters. The zero-order valence-electron chi connectivity index (χ0n) is 12.9. The summed E-state index contributed by atoms with van der Waals surface area (Å²) in [6, 6.07) is 8.47. The van der Waals surface area contributed by atoms with E-state index in [1.807, 2.05) is 0 Å². The Labute approximate surface area is 137 Å². The molecular formula is C19H16F4O. The summed E-state index contributed by atoms with van der Waals surface area (Å²) in [6.45, 7) is 3.62. The highest BCUT2D eigenvalue weighted by atomic mass is 19.3. The smallest absolute Gasteiger partial charge is 0.288 e. The second-order valence-electron chi connectivity index (χ2n) is 5.90. The van der Waals surface area contributed by atoms with Crippen molar-refractivity contribution in [2.75, 3.05) is 0 Å². The Morgan fingerprint density at radius 1 is 1.12 bits per heavy atom. The van der Waals surface area contributed by atoms with Gasteiger partial charge in [-0.15, -0.1) is 0 Å². The lowest BCUT2D eigenvalue weighted by atomic mass is 9.93. The minimum atomic E-state index is -3.02.